The van der Waals surface area contributed by atoms with Gasteiger partial charge >= 0.3 is 0 Å². The van der Waals surface area contributed by atoms with E-state index in [0.717, 1.165) is 25.9 Å². The van der Waals surface area contributed by atoms with Gasteiger partial charge in [-0.05, 0) is 43.7 Å². The lowest BCUT2D eigenvalue weighted by atomic mass is 10.1. The highest BCUT2D eigenvalue weighted by atomic mass is 35.5. The topological polar surface area (TPSA) is 126 Å². The van der Waals surface area contributed by atoms with Crippen LogP contribution in [0.4, 0.5) is 17.3 Å². The SMILES string of the molecule is CN(c1cnc(C(N)=O)c(Nc2ccc(C(=O)N3CCOCC3)cc2)n1)C1CCCNC1.Cl. The van der Waals surface area contributed by atoms with E-state index in [9.17, 15) is 9.59 Å². The fourth-order valence-electron chi connectivity index (χ4n) is 3.95. The van der Waals surface area contributed by atoms with Crippen LogP contribution in [0.25, 0.3) is 0 Å². The van der Waals surface area contributed by atoms with Crippen LogP contribution in [0.3, 0.4) is 0 Å². The number of morpholine rings is 1. The van der Waals surface area contributed by atoms with Gasteiger partial charge in [-0.1, -0.05) is 0 Å². The molecule has 4 rings (SSSR count). The van der Waals surface area contributed by atoms with Crippen LogP contribution in [0.15, 0.2) is 30.5 Å². The smallest absolute Gasteiger partial charge is 0.271 e. The number of hydrogen-bond donors (Lipinski definition) is 3. The summed E-state index contributed by atoms with van der Waals surface area (Å²) in [6.07, 6.45) is 3.73. The van der Waals surface area contributed by atoms with Gasteiger partial charge in [-0.25, -0.2) is 9.97 Å². The van der Waals surface area contributed by atoms with Gasteiger partial charge in [0.1, 0.15) is 5.82 Å². The minimum atomic E-state index is -0.660. The molecule has 1 unspecified atom stereocenters. The van der Waals surface area contributed by atoms with Gasteiger partial charge in [0, 0.05) is 44.0 Å². The molecule has 4 N–H and O–H groups in total. The standard InChI is InChI=1S/C22H29N7O3.ClH/c1-28(17-3-2-8-24-13-17)18-14-25-19(20(23)30)21(27-18)26-16-6-4-15(5-7-16)22(31)29-9-11-32-12-10-29;/h4-7,14,17,24H,2-3,8-13H2,1H3,(H2,23,30)(H,26,27);1H. The van der Waals surface area contributed by atoms with Crippen molar-refractivity contribution >= 4 is 41.5 Å². The summed E-state index contributed by atoms with van der Waals surface area (Å²) in [7, 11) is 1.97. The lowest BCUT2D eigenvalue weighted by Gasteiger charge is -2.32. The monoisotopic (exact) mass is 475 g/mol. The predicted molar refractivity (Wildman–Crippen MR) is 129 cm³/mol. The van der Waals surface area contributed by atoms with Crippen molar-refractivity contribution in [3.63, 3.8) is 0 Å². The molecule has 1 aromatic heterocycles. The zero-order chi connectivity index (χ0) is 22.5. The molecule has 1 atom stereocenters. The van der Waals surface area contributed by atoms with Crippen LogP contribution < -0.4 is 21.3 Å². The van der Waals surface area contributed by atoms with Crippen LogP contribution in [0, 0.1) is 0 Å². The molecular weight excluding hydrogens is 446 g/mol. The first-order chi connectivity index (χ1) is 15.5. The number of anilines is 3. The molecule has 33 heavy (non-hydrogen) atoms. The van der Waals surface area contributed by atoms with Crippen LogP contribution in [0.2, 0.25) is 0 Å². The molecule has 11 heteroatoms. The lowest BCUT2D eigenvalue weighted by molar-refractivity contribution is 0.0303. The van der Waals surface area contributed by atoms with Gasteiger partial charge in [0.25, 0.3) is 11.8 Å². The Balaban J connectivity index is 0.00000306. The lowest BCUT2D eigenvalue weighted by Crippen LogP contribution is -2.44. The van der Waals surface area contributed by atoms with Crippen LogP contribution >= 0.6 is 12.4 Å². The summed E-state index contributed by atoms with van der Waals surface area (Å²) in [5.41, 5.74) is 6.86. The maximum Gasteiger partial charge on any atom is 0.271 e. The third-order valence-electron chi connectivity index (χ3n) is 5.87. The van der Waals surface area contributed by atoms with Gasteiger partial charge in [0.2, 0.25) is 0 Å². The Morgan fingerprint density at radius 1 is 1.24 bits per heavy atom. The molecule has 0 saturated carbocycles. The van der Waals surface area contributed by atoms with Crippen molar-refractivity contribution in [2.45, 2.75) is 18.9 Å². The number of piperidine rings is 1. The summed E-state index contributed by atoms with van der Waals surface area (Å²) in [4.78, 5) is 37.3. The number of aromatic nitrogens is 2. The van der Waals surface area contributed by atoms with E-state index < -0.39 is 5.91 Å². The number of primary amides is 1. The van der Waals surface area contributed by atoms with Crippen LogP contribution in [0.1, 0.15) is 33.7 Å². The zero-order valence-electron chi connectivity index (χ0n) is 18.6. The van der Waals surface area contributed by atoms with Crippen LogP contribution in [-0.4, -0.2) is 79.2 Å². The summed E-state index contributed by atoms with van der Waals surface area (Å²) in [6, 6.07) is 7.36. The molecule has 1 aromatic carbocycles. The van der Waals surface area contributed by atoms with Gasteiger partial charge < -0.3 is 30.9 Å². The first kappa shape index (κ1) is 24.7. The molecule has 178 valence electrons. The Morgan fingerprint density at radius 2 is 1.97 bits per heavy atom. The van der Waals surface area contributed by atoms with E-state index in [-0.39, 0.29) is 29.8 Å². The minimum Gasteiger partial charge on any atom is -0.378 e. The number of ether oxygens (including phenoxy) is 1. The van der Waals surface area contributed by atoms with Crippen LogP contribution in [0.5, 0.6) is 0 Å². The number of nitrogens with zero attached hydrogens (tertiary/aromatic N) is 4. The fraction of sp³-hybridized carbons (Fsp3) is 0.455. The molecular formula is C22H30ClN7O3. The highest BCUT2D eigenvalue weighted by Crippen LogP contribution is 2.23. The average Bonchev–Trinajstić information content (AvgIpc) is 2.84. The van der Waals surface area contributed by atoms with E-state index >= 15 is 0 Å². The molecule has 3 heterocycles. The zero-order valence-corrected chi connectivity index (χ0v) is 19.4. The first-order valence-corrected chi connectivity index (χ1v) is 10.9. The van der Waals surface area contributed by atoms with Crippen molar-refractivity contribution in [1.29, 1.82) is 0 Å². The number of amides is 2. The van der Waals surface area contributed by atoms with E-state index in [1.807, 2.05) is 7.05 Å². The molecule has 2 saturated heterocycles. The van der Waals surface area contributed by atoms with E-state index in [0.29, 0.717) is 49.4 Å². The summed E-state index contributed by atoms with van der Waals surface area (Å²) in [5.74, 6) is 0.262. The van der Waals surface area contributed by atoms with Gasteiger partial charge in [-0.15, -0.1) is 12.4 Å². The summed E-state index contributed by atoms with van der Waals surface area (Å²) in [5, 5.41) is 6.53. The molecule has 0 aliphatic carbocycles. The summed E-state index contributed by atoms with van der Waals surface area (Å²) < 4.78 is 5.31. The largest absolute Gasteiger partial charge is 0.378 e. The fourth-order valence-corrected chi connectivity index (χ4v) is 3.95. The van der Waals surface area contributed by atoms with Gasteiger partial charge in [0.15, 0.2) is 11.5 Å². The minimum absolute atomic E-state index is 0. The number of nitrogens with one attached hydrogen (secondary N) is 2. The van der Waals surface area contributed by atoms with Crippen molar-refractivity contribution in [2.24, 2.45) is 5.73 Å². The number of benzene rings is 1. The maximum absolute atomic E-state index is 12.6. The van der Waals surface area contributed by atoms with E-state index in [4.69, 9.17) is 10.5 Å². The van der Waals surface area contributed by atoms with E-state index in [1.54, 1.807) is 35.4 Å². The number of likely N-dealkylation sites (N-methyl/N-ethyl adjacent to an activating group) is 1. The third-order valence-corrected chi connectivity index (χ3v) is 5.87. The van der Waals surface area contributed by atoms with Gasteiger partial charge in [0.05, 0.1) is 19.4 Å². The molecule has 2 amide bonds. The van der Waals surface area contributed by atoms with Crippen molar-refractivity contribution in [2.75, 3.05) is 56.7 Å². The number of rotatable bonds is 6. The third kappa shape index (κ3) is 5.89. The molecule has 2 aliphatic heterocycles. The van der Waals surface area contributed by atoms with Crippen molar-refractivity contribution < 1.29 is 14.3 Å². The Hall–Kier alpha value is -2.95. The Labute approximate surface area is 199 Å². The Kier molecular flexibility index (Phi) is 8.43. The number of carbonyl (C=O) groups excluding carboxylic acids is 2. The first-order valence-electron chi connectivity index (χ1n) is 10.9. The summed E-state index contributed by atoms with van der Waals surface area (Å²) in [6.45, 7) is 4.19. The predicted octanol–water partition coefficient (Wildman–Crippen LogP) is 1.40. The number of halogens is 1. The van der Waals surface area contributed by atoms with Crippen molar-refractivity contribution in [3.05, 3.63) is 41.7 Å². The molecule has 2 aromatic rings. The van der Waals surface area contributed by atoms with Gasteiger partial charge in [-0.3, -0.25) is 9.59 Å². The second-order valence-corrected chi connectivity index (χ2v) is 8.01. The molecule has 2 aliphatic rings. The van der Waals surface area contributed by atoms with E-state index in [2.05, 4.69) is 25.5 Å². The van der Waals surface area contributed by atoms with Crippen molar-refractivity contribution in [3.8, 4) is 0 Å². The Bertz CT molecular complexity index is 961. The highest BCUT2D eigenvalue weighted by molar-refractivity contribution is 5.97. The number of hydrogen-bond acceptors (Lipinski definition) is 8. The molecule has 10 nitrogen and oxygen atoms in total. The van der Waals surface area contributed by atoms with Gasteiger partial charge in [-0.2, -0.15) is 0 Å². The highest BCUT2D eigenvalue weighted by Gasteiger charge is 2.22. The van der Waals surface area contributed by atoms with Crippen molar-refractivity contribution in [1.82, 2.24) is 20.2 Å². The maximum atomic E-state index is 12.6. The number of nitrogens with two attached hydrogens (primary N) is 1. The average molecular weight is 476 g/mol. The summed E-state index contributed by atoms with van der Waals surface area (Å²) >= 11 is 0. The second kappa shape index (κ2) is 11.3. The molecule has 2 fully saturated rings. The normalized spacial score (nSPS) is 18.2. The molecule has 0 bridgehead atoms. The van der Waals surface area contributed by atoms with Crippen LogP contribution in [-0.2, 0) is 4.74 Å². The second-order valence-electron chi connectivity index (χ2n) is 8.01. The quantitative estimate of drug-likeness (QED) is 0.572. The molecule has 0 spiro atoms. The molecule has 0 radical (unpaired) electrons. The van der Waals surface area contributed by atoms with E-state index in [1.165, 1.54) is 0 Å². The number of carbonyl (C=O) groups is 2. The Morgan fingerprint density at radius 3 is 2.61 bits per heavy atom.